The summed E-state index contributed by atoms with van der Waals surface area (Å²) < 4.78 is 6.28. The van der Waals surface area contributed by atoms with E-state index in [9.17, 15) is 4.79 Å². The van der Waals surface area contributed by atoms with Crippen LogP contribution in [0.4, 0.5) is 0 Å². The summed E-state index contributed by atoms with van der Waals surface area (Å²) in [7, 11) is 1.59. The van der Waals surface area contributed by atoms with Gasteiger partial charge in [0.2, 0.25) is 11.1 Å². The summed E-state index contributed by atoms with van der Waals surface area (Å²) >= 11 is 1.27. The Labute approximate surface area is 110 Å². The Bertz CT molecular complexity index is 382. The number of hydrogen-bond donors (Lipinski definition) is 2. The molecule has 0 saturated carbocycles. The van der Waals surface area contributed by atoms with Gasteiger partial charge in [0.05, 0.1) is 12.4 Å². The number of amides is 1. The van der Waals surface area contributed by atoms with Crippen LogP contribution in [0.2, 0.25) is 0 Å². The number of aryl methyl sites for hydroxylation is 1. The summed E-state index contributed by atoms with van der Waals surface area (Å²) in [4.78, 5) is 11.4. The third kappa shape index (κ3) is 4.53. The van der Waals surface area contributed by atoms with Crippen molar-refractivity contribution in [2.45, 2.75) is 24.9 Å². The summed E-state index contributed by atoms with van der Waals surface area (Å²) in [6.45, 7) is 3.06. The number of hydrogen-bond acceptors (Lipinski definition) is 6. The molecule has 1 aromatic heterocycles. The van der Waals surface area contributed by atoms with E-state index in [1.165, 1.54) is 16.4 Å². The molecule has 102 valence electrons. The van der Waals surface area contributed by atoms with Crippen LogP contribution < -0.4 is 11.2 Å². The lowest BCUT2D eigenvalue weighted by molar-refractivity contribution is -0.118. The first-order valence-corrected chi connectivity index (χ1v) is 6.75. The van der Waals surface area contributed by atoms with Gasteiger partial charge >= 0.3 is 0 Å². The molecule has 0 radical (unpaired) electrons. The minimum absolute atomic E-state index is 0.0721. The second kappa shape index (κ2) is 7.93. The largest absolute Gasteiger partial charge is 0.383 e. The molecule has 0 atom stereocenters. The van der Waals surface area contributed by atoms with Crippen LogP contribution in [0.15, 0.2) is 5.16 Å². The smallest absolute Gasteiger partial charge is 0.230 e. The average Bonchev–Trinajstić information content (AvgIpc) is 2.69. The fraction of sp³-hybridized carbons (Fsp3) is 0.700. The number of thioether (sulfide) groups is 1. The Kier molecular flexibility index (Phi) is 6.51. The maximum Gasteiger partial charge on any atom is 0.230 e. The van der Waals surface area contributed by atoms with Gasteiger partial charge in [-0.1, -0.05) is 18.7 Å². The lowest BCUT2D eigenvalue weighted by Crippen LogP contribution is -2.28. The van der Waals surface area contributed by atoms with Gasteiger partial charge in [0, 0.05) is 20.1 Å². The zero-order valence-electron chi connectivity index (χ0n) is 10.7. The highest BCUT2D eigenvalue weighted by atomic mass is 32.2. The summed E-state index contributed by atoms with van der Waals surface area (Å²) in [6.07, 6.45) is 1.74. The van der Waals surface area contributed by atoms with Crippen LogP contribution in [-0.4, -0.2) is 46.8 Å². The van der Waals surface area contributed by atoms with Crippen LogP contribution in [0.25, 0.3) is 0 Å². The van der Waals surface area contributed by atoms with E-state index in [1.54, 1.807) is 7.11 Å². The molecule has 1 heterocycles. The number of nitrogen functional groups attached to an aromatic ring is 1. The van der Waals surface area contributed by atoms with Gasteiger partial charge in [0.15, 0.2) is 5.82 Å². The highest BCUT2D eigenvalue weighted by Gasteiger charge is 2.11. The second-order valence-electron chi connectivity index (χ2n) is 3.65. The number of rotatable bonds is 8. The van der Waals surface area contributed by atoms with E-state index in [0.717, 1.165) is 18.7 Å². The van der Waals surface area contributed by atoms with Gasteiger partial charge in [-0.2, -0.15) is 0 Å². The van der Waals surface area contributed by atoms with E-state index in [2.05, 4.69) is 15.5 Å². The number of carbonyl (C=O) groups excluding carboxylic acids is 1. The van der Waals surface area contributed by atoms with Gasteiger partial charge in [0.1, 0.15) is 0 Å². The third-order valence-corrected chi connectivity index (χ3v) is 3.11. The van der Waals surface area contributed by atoms with Crippen molar-refractivity contribution < 1.29 is 9.53 Å². The molecule has 1 rings (SSSR count). The SMILES string of the molecule is CCCc1nnc(SCC(=O)NCCOC)n1N. The third-order valence-electron chi connectivity index (χ3n) is 2.17. The van der Waals surface area contributed by atoms with E-state index in [-0.39, 0.29) is 11.7 Å². The molecule has 0 fully saturated rings. The summed E-state index contributed by atoms with van der Waals surface area (Å²) in [5.41, 5.74) is 0. The molecule has 0 spiro atoms. The minimum atomic E-state index is -0.0721. The number of nitrogens with one attached hydrogen (secondary N) is 1. The highest BCUT2D eigenvalue weighted by molar-refractivity contribution is 7.99. The molecule has 7 nitrogen and oxygen atoms in total. The number of nitrogens with two attached hydrogens (primary N) is 1. The van der Waals surface area contributed by atoms with E-state index in [4.69, 9.17) is 10.6 Å². The van der Waals surface area contributed by atoms with Crippen molar-refractivity contribution in [2.75, 3.05) is 31.9 Å². The molecular formula is C10H19N5O2S. The second-order valence-corrected chi connectivity index (χ2v) is 4.59. The first-order chi connectivity index (χ1) is 8.69. The van der Waals surface area contributed by atoms with Crippen molar-refractivity contribution in [3.05, 3.63) is 5.82 Å². The van der Waals surface area contributed by atoms with E-state index in [0.29, 0.717) is 18.3 Å². The molecule has 0 aliphatic rings. The maximum absolute atomic E-state index is 11.4. The molecule has 0 saturated heterocycles. The zero-order chi connectivity index (χ0) is 13.4. The Morgan fingerprint density at radius 1 is 1.56 bits per heavy atom. The lowest BCUT2D eigenvalue weighted by Gasteiger charge is -2.04. The van der Waals surface area contributed by atoms with Crippen LogP contribution in [0, 0.1) is 0 Å². The van der Waals surface area contributed by atoms with Gasteiger partial charge in [-0.15, -0.1) is 10.2 Å². The fourth-order valence-corrected chi connectivity index (χ4v) is 1.98. The van der Waals surface area contributed by atoms with Crippen LogP contribution >= 0.6 is 11.8 Å². The summed E-state index contributed by atoms with van der Waals surface area (Å²) in [5, 5.41) is 11.2. The molecule has 3 N–H and O–H groups in total. The van der Waals surface area contributed by atoms with Crippen molar-refractivity contribution in [3.63, 3.8) is 0 Å². The predicted molar refractivity (Wildman–Crippen MR) is 69.8 cm³/mol. The number of carbonyl (C=O) groups is 1. The molecule has 18 heavy (non-hydrogen) atoms. The standard InChI is InChI=1S/C10H19N5O2S/c1-3-4-8-13-14-10(15(8)11)18-7-9(16)12-5-6-17-2/h3-7,11H2,1-2H3,(H,12,16). The maximum atomic E-state index is 11.4. The normalized spacial score (nSPS) is 10.6. The Hall–Kier alpha value is -1.28. The molecule has 8 heteroatoms. The Balaban J connectivity index is 2.36. The van der Waals surface area contributed by atoms with E-state index in [1.807, 2.05) is 6.92 Å². The number of ether oxygens (including phenoxy) is 1. The van der Waals surface area contributed by atoms with E-state index < -0.39 is 0 Å². The predicted octanol–water partition coefficient (Wildman–Crippen LogP) is -0.201. The highest BCUT2D eigenvalue weighted by Crippen LogP contribution is 2.14. The topological polar surface area (TPSA) is 95.1 Å². The molecule has 1 aromatic rings. The monoisotopic (exact) mass is 273 g/mol. The van der Waals surface area contributed by atoms with Crippen LogP contribution in [0.3, 0.4) is 0 Å². The average molecular weight is 273 g/mol. The molecule has 0 bridgehead atoms. The molecule has 0 aliphatic carbocycles. The molecule has 0 aromatic carbocycles. The van der Waals surface area contributed by atoms with Gasteiger partial charge in [-0.05, 0) is 6.42 Å². The summed E-state index contributed by atoms with van der Waals surface area (Å²) in [6, 6.07) is 0. The van der Waals surface area contributed by atoms with E-state index >= 15 is 0 Å². The molecule has 0 aliphatic heterocycles. The molecule has 0 unspecified atom stereocenters. The van der Waals surface area contributed by atoms with Crippen molar-refractivity contribution >= 4 is 17.7 Å². The van der Waals surface area contributed by atoms with Crippen LogP contribution in [0.1, 0.15) is 19.2 Å². The van der Waals surface area contributed by atoms with Crippen LogP contribution in [0.5, 0.6) is 0 Å². The molecular weight excluding hydrogens is 254 g/mol. The number of aromatic nitrogens is 3. The van der Waals surface area contributed by atoms with Crippen molar-refractivity contribution in [1.29, 1.82) is 0 Å². The first kappa shape index (κ1) is 14.8. The summed E-state index contributed by atoms with van der Waals surface area (Å²) in [5.74, 6) is 6.75. The lowest BCUT2D eigenvalue weighted by atomic mass is 10.3. The minimum Gasteiger partial charge on any atom is -0.383 e. The van der Waals surface area contributed by atoms with Gasteiger partial charge < -0.3 is 15.9 Å². The van der Waals surface area contributed by atoms with Gasteiger partial charge in [-0.3, -0.25) is 4.79 Å². The van der Waals surface area contributed by atoms with Crippen molar-refractivity contribution in [3.8, 4) is 0 Å². The number of nitrogens with zero attached hydrogens (tertiary/aromatic N) is 3. The van der Waals surface area contributed by atoms with Gasteiger partial charge in [0.25, 0.3) is 0 Å². The zero-order valence-corrected chi connectivity index (χ0v) is 11.5. The Morgan fingerprint density at radius 2 is 2.33 bits per heavy atom. The molecule has 1 amide bonds. The first-order valence-electron chi connectivity index (χ1n) is 5.76. The fourth-order valence-electron chi connectivity index (χ4n) is 1.27. The quantitative estimate of drug-likeness (QED) is 0.387. The number of methoxy groups -OCH3 is 1. The van der Waals surface area contributed by atoms with Gasteiger partial charge in [-0.25, -0.2) is 4.68 Å². The van der Waals surface area contributed by atoms with Crippen molar-refractivity contribution in [2.24, 2.45) is 0 Å². The Morgan fingerprint density at radius 3 is 3.00 bits per heavy atom. The van der Waals surface area contributed by atoms with Crippen LogP contribution in [-0.2, 0) is 16.0 Å². The van der Waals surface area contributed by atoms with Crippen molar-refractivity contribution in [1.82, 2.24) is 20.2 Å².